The van der Waals surface area contributed by atoms with E-state index in [0.717, 1.165) is 34.1 Å². The quantitative estimate of drug-likeness (QED) is 0.109. The molecular formula is C51H60N2O2. The number of anilines is 2. The van der Waals surface area contributed by atoms with Crippen molar-refractivity contribution in [3.05, 3.63) is 105 Å². The smallest absolute Gasteiger partial charge is 0.141 e. The van der Waals surface area contributed by atoms with E-state index in [2.05, 4.69) is 76.2 Å². The fraction of sp³-hybridized carbons (Fsp3) is 0.529. The van der Waals surface area contributed by atoms with Crippen molar-refractivity contribution in [1.82, 2.24) is 0 Å². The van der Waals surface area contributed by atoms with Crippen LogP contribution in [-0.2, 0) is 16.2 Å². The van der Waals surface area contributed by atoms with Crippen molar-refractivity contribution in [3.63, 3.8) is 0 Å². The van der Waals surface area contributed by atoms with Gasteiger partial charge in [0.1, 0.15) is 11.5 Å². The van der Waals surface area contributed by atoms with Crippen molar-refractivity contribution < 1.29 is 10.2 Å². The van der Waals surface area contributed by atoms with Gasteiger partial charge in [0.25, 0.3) is 0 Å². The van der Waals surface area contributed by atoms with Crippen molar-refractivity contribution in [3.8, 4) is 22.6 Å². The Hall–Kier alpha value is -3.92. The summed E-state index contributed by atoms with van der Waals surface area (Å²) in [7, 11) is 0. The SMILES string of the molecule is Cc1cc(C2(c3cc(C)c(O)c(N)c3)c3cc(C45CC6CC(C)(CC(C)(C6)C4)C5)ccc3-c3ccc(C45CC6CC(C)(CC(C)(C6)C4)C5)cc32)cc(N)c1O. The molecule has 0 radical (unpaired) electrons. The average molecular weight is 733 g/mol. The number of hydrogen-bond acceptors (Lipinski definition) is 4. The zero-order valence-corrected chi connectivity index (χ0v) is 34.0. The van der Waals surface area contributed by atoms with Gasteiger partial charge in [0.15, 0.2) is 0 Å². The Labute approximate surface area is 328 Å². The molecule has 0 amide bonds. The molecule has 4 atom stereocenters. The second-order valence-electron chi connectivity index (χ2n) is 22.6. The van der Waals surface area contributed by atoms with Gasteiger partial charge in [0.05, 0.1) is 16.8 Å². The molecule has 9 aliphatic rings. The molecule has 9 aliphatic carbocycles. The minimum atomic E-state index is -0.762. The number of aryl methyl sites for hydroxylation is 2. The summed E-state index contributed by atoms with van der Waals surface area (Å²) in [4.78, 5) is 0. The summed E-state index contributed by atoms with van der Waals surface area (Å²) in [6, 6.07) is 23.5. The van der Waals surface area contributed by atoms with Crippen LogP contribution in [0.4, 0.5) is 11.4 Å². The highest BCUT2D eigenvalue weighted by Gasteiger charge is 2.62. The molecule has 4 unspecified atom stereocenters. The summed E-state index contributed by atoms with van der Waals surface area (Å²) >= 11 is 0. The van der Waals surface area contributed by atoms with E-state index < -0.39 is 5.41 Å². The van der Waals surface area contributed by atoms with Crippen LogP contribution in [0, 0.1) is 47.3 Å². The number of nitrogen functional groups attached to an aromatic ring is 2. The normalized spacial score (nSPS) is 38.4. The van der Waals surface area contributed by atoms with Crippen LogP contribution < -0.4 is 11.5 Å². The van der Waals surface area contributed by atoms with Gasteiger partial charge >= 0.3 is 0 Å². The van der Waals surface area contributed by atoms with E-state index in [1.54, 1.807) is 0 Å². The number of nitrogens with two attached hydrogens (primary N) is 2. The average Bonchev–Trinajstić information content (AvgIpc) is 3.36. The third-order valence-corrected chi connectivity index (χ3v) is 17.1. The number of aromatic hydroxyl groups is 2. The summed E-state index contributed by atoms with van der Waals surface area (Å²) in [5.41, 5.74) is 27.1. The van der Waals surface area contributed by atoms with Crippen molar-refractivity contribution >= 4 is 11.4 Å². The Balaban J connectivity index is 1.21. The Morgan fingerprint density at radius 1 is 0.473 bits per heavy atom. The van der Waals surface area contributed by atoms with E-state index in [9.17, 15) is 10.2 Å². The second kappa shape index (κ2) is 10.3. The first-order valence-corrected chi connectivity index (χ1v) is 21.4. The molecule has 13 rings (SSSR count). The summed E-state index contributed by atoms with van der Waals surface area (Å²) in [5, 5.41) is 22.3. The van der Waals surface area contributed by atoms with Gasteiger partial charge in [-0.15, -0.1) is 0 Å². The van der Waals surface area contributed by atoms with Crippen LogP contribution in [0.25, 0.3) is 11.1 Å². The van der Waals surface area contributed by atoms with E-state index in [4.69, 9.17) is 11.5 Å². The first-order chi connectivity index (χ1) is 25.9. The largest absolute Gasteiger partial charge is 0.506 e. The molecule has 4 aromatic carbocycles. The van der Waals surface area contributed by atoms with Gasteiger partial charge in [-0.3, -0.25) is 0 Å². The molecule has 286 valence electrons. The zero-order chi connectivity index (χ0) is 38.3. The summed E-state index contributed by atoms with van der Waals surface area (Å²) < 4.78 is 0. The highest BCUT2D eigenvalue weighted by atomic mass is 16.3. The molecule has 6 N–H and O–H groups in total. The Morgan fingerprint density at radius 2 is 0.836 bits per heavy atom. The van der Waals surface area contributed by atoms with Gasteiger partial charge in [0.2, 0.25) is 0 Å². The van der Waals surface area contributed by atoms with Crippen molar-refractivity contribution in [2.75, 3.05) is 11.5 Å². The lowest BCUT2D eigenvalue weighted by molar-refractivity contribution is -0.110. The third kappa shape index (κ3) is 4.52. The van der Waals surface area contributed by atoms with Crippen LogP contribution in [-0.4, -0.2) is 10.2 Å². The van der Waals surface area contributed by atoms with Crippen LogP contribution in [0.2, 0.25) is 0 Å². The maximum absolute atomic E-state index is 11.1. The van der Waals surface area contributed by atoms with Gasteiger partial charge in [-0.1, -0.05) is 76.2 Å². The molecule has 0 saturated heterocycles. The van der Waals surface area contributed by atoms with Gasteiger partial charge in [-0.05, 0) is 203 Å². The molecule has 0 aliphatic heterocycles. The van der Waals surface area contributed by atoms with Crippen molar-refractivity contribution in [2.45, 2.75) is 135 Å². The number of rotatable bonds is 4. The highest BCUT2D eigenvalue weighted by Crippen LogP contribution is 2.72. The molecule has 0 spiro atoms. The number of phenols is 2. The maximum Gasteiger partial charge on any atom is 0.141 e. The minimum absolute atomic E-state index is 0.145. The Kier molecular flexibility index (Phi) is 6.45. The highest BCUT2D eigenvalue weighted by molar-refractivity contribution is 5.88. The fourth-order valence-electron chi connectivity index (χ4n) is 17.4. The lowest BCUT2D eigenvalue weighted by Crippen LogP contribution is -2.56. The van der Waals surface area contributed by atoms with E-state index in [0.29, 0.717) is 33.0 Å². The number of hydrogen-bond donors (Lipinski definition) is 4. The Morgan fingerprint density at radius 3 is 1.16 bits per heavy atom. The lowest BCUT2D eigenvalue weighted by atomic mass is 9.39. The molecule has 55 heavy (non-hydrogen) atoms. The van der Waals surface area contributed by atoms with Gasteiger partial charge in [0, 0.05) is 0 Å². The van der Waals surface area contributed by atoms with E-state index >= 15 is 0 Å². The molecule has 4 aromatic rings. The standard InChI is InChI=1S/C51H60N2O2/c1-29-11-35(15-41(52)43(29)54)51(36-12-30(2)44(55)42(53)16-36)39-13-33(49-21-31-17-45(3,25-49)23-46(4,18-31)26-49)7-9-37(39)38-10-8-34(14-40(38)51)50-22-32-19-47(5,27-50)24-48(6,20-32)28-50/h7-16,31-32,54-55H,17-28,52-53H2,1-6H3. The van der Waals surface area contributed by atoms with Gasteiger partial charge in [-0.25, -0.2) is 0 Å². The molecule has 8 saturated carbocycles. The predicted octanol–water partition coefficient (Wildman–Crippen LogP) is 11.7. The molecule has 0 heterocycles. The molecule has 4 nitrogen and oxygen atoms in total. The number of phenolic OH excluding ortho intramolecular Hbond substituents is 2. The van der Waals surface area contributed by atoms with Gasteiger partial charge in [-0.2, -0.15) is 0 Å². The summed E-state index contributed by atoms with van der Waals surface area (Å²) in [6.07, 6.45) is 15.7. The van der Waals surface area contributed by atoms with Gasteiger partial charge < -0.3 is 21.7 Å². The Bertz CT molecular complexity index is 2120. The van der Waals surface area contributed by atoms with E-state index in [-0.39, 0.29) is 22.3 Å². The molecule has 8 fully saturated rings. The fourth-order valence-corrected chi connectivity index (χ4v) is 17.4. The minimum Gasteiger partial charge on any atom is -0.506 e. The maximum atomic E-state index is 11.1. The second-order valence-corrected chi connectivity index (χ2v) is 22.6. The lowest BCUT2D eigenvalue weighted by Gasteiger charge is -2.65. The summed E-state index contributed by atoms with van der Waals surface area (Å²) in [5.74, 6) is 1.86. The molecule has 4 heteroatoms. The van der Waals surface area contributed by atoms with Crippen LogP contribution in [0.1, 0.15) is 149 Å². The van der Waals surface area contributed by atoms with Crippen LogP contribution >= 0.6 is 0 Å². The van der Waals surface area contributed by atoms with Crippen molar-refractivity contribution in [2.24, 2.45) is 33.5 Å². The van der Waals surface area contributed by atoms with Crippen LogP contribution in [0.15, 0.2) is 60.7 Å². The topological polar surface area (TPSA) is 92.5 Å². The van der Waals surface area contributed by atoms with E-state index in [1.165, 1.54) is 110 Å². The monoisotopic (exact) mass is 732 g/mol. The van der Waals surface area contributed by atoms with E-state index in [1.807, 2.05) is 26.0 Å². The number of benzene rings is 4. The first-order valence-electron chi connectivity index (χ1n) is 21.4. The van der Waals surface area contributed by atoms with Crippen LogP contribution in [0.3, 0.4) is 0 Å². The van der Waals surface area contributed by atoms with Crippen LogP contribution in [0.5, 0.6) is 11.5 Å². The zero-order valence-electron chi connectivity index (χ0n) is 34.0. The predicted molar refractivity (Wildman–Crippen MR) is 224 cm³/mol. The molecule has 8 bridgehead atoms. The molecule has 0 aromatic heterocycles. The first kappa shape index (κ1) is 34.3. The van der Waals surface area contributed by atoms with Crippen molar-refractivity contribution in [1.29, 1.82) is 0 Å². The number of fused-ring (bicyclic) bond motifs is 3. The summed E-state index contributed by atoms with van der Waals surface area (Å²) in [6.45, 7) is 14.3. The molecular weight excluding hydrogens is 673 g/mol. The third-order valence-electron chi connectivity index (χ3n) is 17.1.